The van der Waals surface area contributed by atoms with Crippen LogP contribution in [0, 0.1) is 6.92 Å². The van der Waals surface area contributed by atoms with Gasteiger partial charge in [0.2, 0.25) is 5.60 Å². The summed E-state index contributed by atoms with van der Waals surface area (Å²) in [5.74, 6) is -2.61. The Bertz CT molecular complexity index is 514. The number of carbonyl (C=O) groups excluding carboxylic acids is 1. The second kappa shape index (κ2) is 4.73. The lowest BCUT2D eigenvalue weighted by molar-refractivity contribution is -0.357. The van der Waals surface area contributed by atoms with E-state index < -0.39 is 23.3 Å². The van der Waals surface area contributed by atoms with Crippen LogP contribution in [0.3, 0.4) is 0 Å². The zero-order valence-electron chi connectivity index (χ0n) is 10.3. The van der Waals surface area contributed by atoms with Gasteiger partial charge in [0.15, 0.2) is 0 Å². The van der Waals surface area contributed by atoms with Crippen LogP contribution in [0.25, 0.3) is 0 Å². The van der Waals surface area contributed by atoms with Crippen LogP contribution < -0.4 is 10.8 Å². The van der Waals surface area contributed by atoms with Crippen molar-refractivity contribution >= 4 is 11.7 Å². The molecule has 0 aromatic heterocycles. The van der Waals surface area contributed by atoms with E-state index in [4.69, 9.17) is 5.73 Å². The number of nitrogen functional groups attached to an aromatic ring is 1. The van der Waals surface area contributed by atoms with E-state index in [-0.39, 0.29) is 17.7 Å². The molecule has 1 rings (SSSR count). The first-order valence-electron chi connectivity index (χ1n) is 5.46. The number of aliphatic hydroxyl groups is 1. The molecule has 106 valence electrons. The van der Waals surface area contributed by atoms with Crippen molar-refractivity contribution in [2.24, 2.45) is 0 Å². The monoisotopic (exact) mass is 276 g/mol. The summed E-state index contributed by atoms with van der Waals surface area (Å²) in [4.78, 5) is 10.8. The van der Waals surface area contributed by atoms with Gasteiger partial charge in [0, 0.05) is 11.3 Å². The summed E-state index contributed by atoms with van der Waals surface area (Å²) < 4.78 is 38.7. The summed E-state index contributed by atoms with van der Waals surface area (Å²) in [6.07, 6.45) is -5.30. The van der Waals surface area contributed by atoms with Gasteiger partial charge in [-0.1, -0.05) is 13.0 Å². The molecule has 0 aliphatic carbocycles. The molecule has 1 unspecified atom stereocenters. The fourth-order valence-corrected chi connectivity index (χ4v) is 1.95. The first-order valence-corrected chi connectivity index (χ1v) is 5.46. The summed E-state index contributed by atoms with van der Waals surface area (Å²) in [5, 5.41) is 20.4. The molecule has 1 aromatic rings. The Morgan fingerprint density at radius 3 is 2.32 bits per heavy atom. The highest BCUT2D eigenvalue weighted by atomic mass is 19.4. The Labute approximate surface area is 107 Å². The van der Waals surface area contributed by atoms with Gasteiger partial charge in [0.1, 0.15) is 0 Å². The number of nitrogens with two attached hydrogens (primary N) is 1. The number of hydrogen-bond acceptors (Lipinski definition) is 4. The van der Waals surface area contributed by atoms with E-state index in [1.165, 1.54) is 13.8 Å². The standard InChI is InChI=1S/C12H14F3NO3/c1-3-7-6(2)9(16)5-4-8(7)11(19,10(17)18)12(13,14)15/h4-5,19H,3,16H2,1-2H3,(H,17,18)/p-1. The van der Waals surface area contributed by atoms with E-state index in [0.717, 1.165) is 12.1 Å². The highest BCUT2D eigenvalue weighted by Crippen LogP contribution is 2.41. The third-order valence-electron chi connectivity index (χ3n) is 3.09. The first-order chi connectivity index (χ1) is 8.57. The van der Waals surface area contributed by atoms with Gasteiger partial charge in [-0.3, -0.25) is 0 Å². The molecule has 0 saturated carbocycles. The maximum Gasteiger partial charge on any atom is 0.426 e. The number of benzene rings is 1. The minimum atomic E-state index is -5.39. The molecule has 0 saturated heterocycles. The van der Waals surface area contributed by atoms with Crippen LogP contribution in [0.4, 0.5) is 18.9 Å². The van der Waals surface area contributed by atoms with Crippen molar-refractivity contribution < 1.29 is 28.2 Å². The molecule has 19 heavy (non-hydrogen) atoms. The molecule has 3 N–H and O–H groups in total. The maximum atomic E-state index is 12.9. The van der Waals surface area contributed by atoms with Crippen molar-refractivity contribution in [1.29, 1.82) is 0 Å². The Balaban J connectivity index is 3.67. The van der Waals surface area contributed by atoms with Crippen molar-refractivity contribution in [3.05, 3.63) is 28.8 Å². The zero-order valence-corrected chi connectivity index (χ0v) is 10.3. The summed E-state index contributed by atoms with van der Waals surface area (Å²) >= 11 is 0. The lowest BCUT2D eigenvalue weighted by atomic mass is 9.85. The smallest absolute Gasteiger partial charge is 0.426 e. The van der Waals surface area contributed by atoms with Crippen molar-refractivity contribution in [3.8, 4) is 0 Å². The maximum absolute atomic E-state index is 12.9. The quantitative estimate of drug-likeness (QED) is 0.793. The predicted molar refractivity (Wildman–Crippen MR) is 59.9 cm³/mol. The van der Waals surface area contributed by atoms with Crippen LogP contribution in [0.2, 0.25) is 0 Å². The number of anilines is 1. The number of halogens is 3. The third kappa shape index (κ3) is 2.25. The van der Waals surface area contributed by atoms with Crippen molar-refractivity contribution in [2.75, 3.05) is 5.73 Å². The fraction of sp³-hybridized carbons (Fsp3) is 0.417. The van der Waals surface area contributed by atoms with Crippen LogP contribution >= 0.6 is 0 Å². The molecule has 4 nitrogen and oxygen atoms in total. The van der Waals surface area contributed by atoms with Gasteiger partial charge in [-0.15, -0.1) is 0 Å². The summed E-state index contributed by atoms with van der Waals surface area (Å²) in [6.45, 7) is 3.00. The number of hydrogen-bond donors (Lipinski definition) is 2. The Hall–Kier alpha value is -1.76. The molecule has 0 fully saturated rings. The SMILES string of the molecule is CCc1c(C(O)(C(=O)[O-])C(F)(F)F)ccc(N)c1C. The number of aliphatic carboxylic acids is 1. The molecule has 1 aromatic carbocycles. The van der Waals surface area contributed by atoms with E-state index in [2.05, 4.69) is 0 Å². The normalized spacial score (nSPS) is 15.1. The van der Waals surface area contributed by atoms with Crippen LogP contribution in [-0.4, -0.2) is 17.3 Å². The molecule has 0 radical (unpaired) electrons. The lowest BCUT2D eigenvalue weighted by Crippen LogP contribution is -2.56. The largest absolute Gasteiger partial charge is 0.546 e. The van der Waals surface area contributed by atoms with Gasteiger partial charge in [-0.05, 0) is 30.5 Å². The van der Waals surface area contributed by atoms with Gasteiger partial charge in [-0.25, -0.2) is 0 Å². The molecule has 0 heterocycles. The Kier molecular flexibility index (Phi) is 3.81. The molecule has 0 aliphatic rings. The number of alkyl halides is 3. The summed E-state index contributed by atoms with van der Waals surface area (Å²) in [5.41, 5.74) is 1.35. The average molecular weight is 276 g/mol. The fourth-order valence-electron chi connectivity index (χ4n) is 1.95. The van der Waals surface area contributed by atoms with Crippen LogP contribution in [0.1, 0.15) is 23.6 Å². The van der Waals surface area contributed by atoms with E-state index in [1.54, 1.807) is 0 Å². The molecular weight excluding hydrogens is 263 g/mol. The zero-order chi connectivity index (χ0) is 15.0. The molecule has 0 amide bonds. The molecule has 1 atom stereocenters. The van der Waals surface area contributed by atoms with Gasteiger partial charge in [0.05, 0.1) is 5.97 Å². The number of rotatable bonds is 3. The average Bonchev–Trinajstić information content (AvgIpc) is 2.29. The number of carboxylic acids is 1. The Morgan fingerprint density at radius 1 is 1.42 bits per heavy atom. The van der Waals surface area contributed by atoms with Gasteiger partial charge in [0.25, 0.3) is 0 Å². The van der Waals surface area contributed by atoms with E-state index >= 15 is 0 Å². The summed E-state index contributed by atoms with van der Waals surface area (Å²) in [6, 6.07) is 1.99. The topological polar surface area (TPSA) is 86.4 Å². The molecule has 0 bridgehead atoms. The molecule has 0 aliphatic heterocycles. The second-order valence-electron chi connectivity index (χ2n) is 4.16. The highest BCUT2D eigenvalue weighted by molar-refractivity contribution is 5.80. The molecule has 7 heteroatoms. The van der Waals surface area contributed by atoms with Crippen LogP contribution in [-0.2, 0) is 16.8 Å². The van der Waals surface area contributed by atoms with Crippen molar-refractivity contribution in [2.45, 2.75) is 32.0 Å². The highest BCUT2D eigenvalue weighted by Gasteiger charge is 2.57. The minimum Gasteiger partial charge on any atom is -0.546 e. The second-order valence-corrected chi connectivity index (χ2v) is 4.16. The Morgan fingerprint density at radius 2 is 1.95 bits per heavy atom. The first kappa shape index (κ1) is 15.3. The number of carboxylic acid groups (broad SMARTS) is 1. The van der Waals surface area contributed by atoms with Crippen LogP contribution in [0.5, 0.6) is 0 Å². The van der Waals surface area contributed by atoms with Gasteiger partial charge < -0.3 is 20.7 Å². The minimum absolute atomic E-state index is 0.0454. The van der Waals surface area contributed by atoms with Crippen molar-refractivity contribution in [3.63, 3.8) is 0 Å². The van der Waals surface area contributed by atoms with Crippen LogP contribution in [0.15, 0.2) is 12.1 Å². The van der Waals surface area contributed by atoms with E-state index in [1.807, 2.05) is 0 Å². The van der Waals surface area contributed by atoms with E-state index in [0.29, 0.717) is 5.56 Å². The number of carbonyl (C=O) groups is 1. The van der Waals surface area contributed by atoms with Gasteiger partial charge >= 0.3 is 6.18 Å². The molecular formula is C12H13F3NO3-. The lowest BCUT2D eigenvalue weighted by Gasteiger charge is -2.33. The third-order valence-corrected chi connectivity index (χ3v) is 3.09. The van der Waals surface area contributed by atoms with E-state index in [9.17, 15) is 28.2 Å². The predicted octanol–water partition coefficient (Wildman–Crippen LogP) is 0.639. The summed E-state index contributed by atoms with van der Waals surface area (Å²) in [7, 11) is 0. The molecule has 0 spiro atoms. The van der Waals surface area contributed by atoms with Crippen molar-refractivity contribution in [1.82, 2.24) is 0 Å². The van der Waals surface area contributed by atoms with Gasteiger partial charge in [-0.2, -0.15) is 13.2 Å².